The molecule has 9 heteroatoms. The van der Waals surface area contributed by atoms with Crippen LogP contribution in [0.5, 0.6) is 5.75 Å². The number of hydrogen-bond acceptors (Lipinski definition) is 5. The summed E-state index contributed by atoms with van der Waals surface area (Å²) in [6, 6.07) is 8.93. The third kappa shape index (κ3) is 5.05. The SMILES string of the molecule is CC(C)=CCOc1c(-c2ccc(S(C)(=O)=O)cc2)cnn(-c2ccc(F)c(F)c2)c1=O. The van der Waals surface area contributed by atoms with Gasteiger partial charge in [0.25, 0.3) is 0 Å². The van der Waals surface area contributed by atoms with Gasteiger partial charge >= 0.3 is 5.56 Å². The average molecular weight is 446 g/mol. The van der Waals surface area contributed by atoms with Crippen LogP contribution in [0.1, 0.15) is 13.8 Å². The molecule has 6 nitrogen and oxygen atoms in total. The van der Waals surface area contributed by atoms with Gasteiger partial charge in [-0.25, -0.2) is 17.2 Å². The molecule has 0 unspecified atom stereocenters. The molecule has 0 N–H and O–H groups in total. The number of sulfone groups is 1. The minimum Gasteiger partial charge on any atom is -0.483 e. The van der Waals surface area contributed by atoms with Crippen LogP contribution in [0.4, 0.5) is 8.78 Å². The highest BCUT2D eigenvalue weighted by molar-refractivity contribution is 7.90. The van der Waals surface area contributed by atoms with Gasteiger partial charge in [-0.15, -0.1) is 0 Å². The van der Waals surface area contributed by atoms with Gasteiger partial charge in [-0.05, 0) is 49.8 Å². The minimum absolute atomic E-state index is 0.0370. The summed E-state index contributed by atoms with van der Waals surface area (Å²) in [6.45, 7) is 3.86. The van der Waals surface area contributed by atoms with E-state index in [2.05, 4.69) is 5.10 Å². The highest BCUT2D eigenvalue weighted by atomic mass is 32.2. The molecule has 2 aromatic carbocycles. The number of benzene rings is 2. The molecule has 0 atom stereocenters. The van der Waals surface area contributed by atoms with Crippen LogP contribution in [0.3, 0.4) is 0 Å². The van der Waals surface area contributed by atoms with Crippen LogP contribution >= 0.6 is 0 Å². The number of hydrogen-bond donors (Lipinski definition) is 0. The van der Waals surface area contributed by atoms with E-state index in [1.807, 2.05) is 13.8 Å². The van der Waals surface area contributed by atoms with E-state index in [0.29, 0.717) is 11.1 Å². The smallest absolute Gasteiger partial charge is 0.314 e. The van der Waals surface area contributed by atoms with E-state index in [1.54, 1.807) is 18.2 Å². The summed E-state index contributed by atoms with van der Waals surface area (Å²) in [4.78, 5) is 13.2. The minimum atomic E-state index is -3.38. The summed E-state index contributed by atoms with van der Waals surface area (Å²) in [6.07, 6.45) is 4.23. The van der Waals surface area contributed by atoms with Crippen LogP contribution < -0.4 is 10.3 Å². The summed E-state index contributed by atoms with van der Waals surface area (Å²) in [5.74, 6) is -2.21. The lowest BCUT2D eigenvalue weighted by atomic mass is 10.1. The van der Waals surface area contributed by atoms with Crippen LogP contribution in [0.2, 0.25) is 0 Å². The van der Waals surface area contributed by atoms with Crippen molar-refractivity contribution in [2.24, 2.45) is 0 Å². The van der Waals surface area contributed by atoms with Crippen LogP contribution in [0, 0.1) is 11.6 Å². The zero-order chi connectivity index (χ0) is 22.8. The topological polar surface area (TPSA) is 78.3 Å². The predicted molar refractivity (Wildman–Crippen MR) is 113 cm³/mol. The fourth-order valence-electron chi connectivity index (χ4n) is 2.76. The van der Waals surface area contributed by atoms with E-state index in [-0.39, 0.29) is 22.9 Å². The van der Waals surface area contributed by atoms with Gasteiger partial charge in [-0.2, -0.15) is 9.78 Å². The molecule has 3 aromatic rings. The lowest BCUT2D eigenvalue weighted by Gasteiger charge is -2.13. The Balaban J connectivity index is 2.14. The standard InChI is InChI=1S/C22H20F2N2O4S/c1-14(2)10-11-30-21-18(15-4-7-17(8-5-15)31(3,28)29)13-25-26(22(21)27)16-6-9-19(23)20(24)12-16/h4-10,12-13H,11H2,1-3H3. The van der Waals surface area contributed by atoms with Crippen LogP contribution in [-0.4, -0.2) is 31.1 Å². The molecule has 0 aliphatic heterocycles. The van der Waals surface area contributed by atoms with Crippen molar-refractivity contribution in [2.45, 2.75) is 18.7 Å². The van der Waals surface area contributed by atoms with Crippen molar-refractivity contribution < 1.29 is 21.9 Å². The molecule has 0 saturated heterocycles. The van der Waals surface area contributed by atoms with E-state index in [0.717, 1.165) is 28.6 Å². The normalized spacial score (nSPS) is 11.3. The Bertz CT molecular complexity index is 1310. The summed E-state index contributed by atoms with van der Waals surface area (Å²) in [7, 11) is -3.38. The van der Waals surface area contributed by atoms with Gasteiger partial charge in [-0.3, -0.25) is 4.79 Å². The Labute approximate surface area is 178 Å². The first-order valence-electron chi connectivity index (χ1n) is 9.22. The number of ether oxygens (including phenoxy) is 1. The molecule has 0 bridgehead atoms. The van der Waals surface area contributed by atoms with Crippen molar-refractivity contribution in [3.05, 3.63) is 82.3 Å². The molecule has 0 amide bonds. The van der Waals surface area contributed by atoms with Gasteiger partial charge < -0.3 is 4.74 Å². The van der Waals surface area contributed by atoms with Crippen molar-refractivity contribution in [1.82, 2.24) is 9.78 Å². The molecule has 0 aliphatic carbocycles. The highest BCUT2D eigenvalue weighted by Crippen LogP contribution is 2.28. The lowest BCUT2D eigenvalue weighted by molar-refractivity contribution is 0.354. The van der Waals surface area contributed by atoms with Crippen molar-refractivity contribution in [1.29, 1.82) is 0 Å². The van der Waals surface area contributed by atoms with E-state index in [4.69, 9.17) is 4.74 Å². The van der Waals surface area contributed by atoms with Crippen molar-refractivity contribution in [2.75, 3.05) is 12.9 Å². The molecule has 0 fully saturated rings. The quantitative estimate of drug-likeness (QED) is 0.536. The Morgan fingerprint density at radius 1 is 1.10 bits per heavy atom. The zero-order valence-electron chi connectivity index (χ0n) is 17.1. The first-order chi connectivity index (χ1) is 14.6. The Morgan fingerprint density at radius 3 is 2.35 bits per heavy atom. The zero-order valence-corrected chi connectivity index (χ0v) is 17.9. The molecule has 1 aromatic heterocycles. The first kappa shape index (κ1) is 22.4. The third-order valence-electron chi connectivity index (χ3n) is 4.39. The molecule has 162 valence electrons. The van der Waals surface area contributed by atoms with Gasteiger partial charge in [0.15, 0.2) is 27.2 Å². The maximum atomic E-state index is 13.7. The first-order valence-corrected chi connectivity index (χ1v) is 11.1. The molecular weight excluding hydrogens is 426 g/mol. The summed E-state index contributed by atoms with van der Waals surface area (Å²) in [5, 5.41) is 4.07. The van der Waals surface area contributed by atoms with E-state index in [9.17, 15) is 22.0 Å². The van der Waals surface area contributed by atoms with E-state index >= 15 is 0 Å². The van der Waals surface area contributed by atoms with Gasteiger partial charge in [-0.1, -0.05) is 17.7 Å². The fraction of sp³-hybridized carbons (Fsp3) is 0.182. The molecule has 31 heavy (non-hydrogen) atoms. The monoisotopic (exact) mass is 446 g/mol. The number of aromatic nitrogens is 2. The molecule has 0 aliphatic rings. The second-order valence-electron chi connectivity index (χ2n) is 7.09. The average Bonchev–Trinajstić information content (AvgIpc) is 2.70. The van der Waals surface area contributed by atoms with Crippen molar-refractivity contribution in [3.63, 3.8) is 0 Å². The van der Waals surface area contributed by atoms with Gasteiger partial charge in [0.2, 0.25) is 0 Å². The Kier molecular flexibility index (Phi) is 6.35. The molecular formula is C22H20F2N2O4S. The van der Waals surface area contributed by atoms with Gasteiger partial charge in [0, 0.05) is 17.9 Å². The number of halogens is 2. The largest absolute Gasteiger partial charge is 0.483 e. The van der Waals surface area contributed by atoms with Crippen LogP contribution in [0.15, 0.2) is 70.0 Å². The van der Waals surface area contributed by atoms with Crippen molar-refractivity contribution in [3.8, 4) is 22.6 Å². The van der Waals surface area contributed by atoms with Gasteiger partial charge in [0.05, 0.1) is 16.8 Å². The van der Waals surface area contributed by atoms with E-state index in [1.165, 1.54) is 24.4 Å². The van der Waals surface area contributed by atoms with Crippen molar-refractivity contribution >= 4 is 9.84 Å². The highest BCUT2D eigenvalue weighted by Gasteiger charge is 2.17. The number of nitrogens with zero attached hydrogens (tertiary/aromatic N) is 2. The van der Waals surface area contributed by atoms with Crippen LogP contribution in [0.25, 0.3) is 16.8 Å². The second kappa shape index (κ2) is 8.81. The lowest BCUT2D eigenvalue weighted by Crippen LogP contribution is -2.24. The molecule has 0 saturated carbocycles. The summed E-state index contributed by atoms with van der Waals surface area (Å²) in [5.41, 5.74) is 1.20. The van der Waals surface area contributed by atoms with E-state index < -0.39 is 27.0 Å². The third-order valence-corrected chi connectivity index (χ3v) is 5.52. The summed E-state index contributed by atoms with van der Waals surface area (Å²) >= 11 is 0. The second-order valence-corrected chi connectivity index (χ2v) is 9.11. The predicted octanol–water partition coefficient (Wildman–Crippen LogP) is 3.93. The number of allylic oxidation sites excluding steroid dienone is 1. The molecule has 0 spiro atoms. The van der Waals surface area contributed by atoms with Crippen LogP contribution in [-0.2, 0) is 9.84 Å². The Hall–Kier alpha value is -3.33. The molecule has 0 radical (unpaired) electrons. The molecule has 3 rings (SSSR count). The number of rotatable bonds is 6. The maximum absolute atomic E-state index is 13.7. The summed E-state index contributed by atoms with van der Waals surface area (Å²) < 4.78 is 57.0. The van der Waals surface area contributed by atoms with Gasteiger partial charge in [0.1, 0.15) is 6.61 Å². The Morgan fingerprint density at radius 2 is 1.77 bits per heavy atom. The molecule has 1 heterocycles. The fourth-order valence-corrected chi connectivity index (χ4v) is 3.39. The maximum Gasteiger partial charge on any atom is 0.314 e.